The molecule has 1 aliphatic carbocycles. The Kier molecular flexibility index (Phi) is 4.66. The van der Waals surface area contributed by atoms with Crippen LogP contribution in [-0.2, 0) is 0 Å². The maximum atomic E-state index is 13.8. The molecule has 2 aromatic heterocycles. The molecule has 1 saturated carbocycles. The van der Waals surface area contributed by atoms with Crippen LogP contribution in [0, 0.1) is 0 Å². The van der Waals surface area contributed by atoms with Gasteiger partial charge in [-0.3, -0.25) is 24.8 Å². The molecule has 8 heteroatoms. The van der Waals surface area contributed by atoms with Gasteiger partial charge in [0.15, 0.2) is 0 Å². The minimum atomic E-state index is -2.60. The SMILES string of the molecule is CN1CCN(c2c(N=Cc3ccc4nccnc4c3)cncc2C(F)F)CC12CC2. The minimum Gasteiger partial charge on any atom is -0.366 e. The highest BCUT2D eigenvalue weighted by atomic mass is 19.3. The number of nitrogens with zero attached hydrogens (tertiary/aromatic N) is 6. The van der Waals surface area contributed by atoms with Crippen LogP contribution < -0.4 is 4.90 Å². The number of hydrogen-bond acceptors (Lipinski definition) is 6. The molecule has 30 heavy (non-hydrogen) atoms. The van der Waals surface area contributed by atoms with Crippen molar-refractivity contribution in [1.82, 2.24) is 19.9 Å². The molecule has 6 nitrogen and oxygen atoms in total. The lowest BCUT2D eigenvalue weighted by atomic mass is 10.1. The third-order valence-corrected chi connectivity index (χ3v) is 6.15. The van der Waals surface area contributed by atoms with E-state index in [0.717, 1.165) is 42.5 Å². The van der Waals surface area contributed by atoms with Gasteiger partial charge in [0, 0.05) is 50.0 Å². The maximum absolute atomic E-state index is 13.8. The highest BCUT2D eigenvalue weighted by Gasteiger charge is 2.50. The van der Waals surface area contributed by atoms with Crippen molar-refractivity contribution in [3.8, 4) is 0 Å². The van der Waals surface area contributed by atoms with Crippen molar-refractivity contribution < 1.29 is 8.78 Å². The molecule has 2 fully saturated rings. The molecule has 0 unspecified atom stereocenters. The summed E-state index contributed by atoms with van der Waals surface area (Å²) >= 11 is 0. The maximum Gasteiger partial charge on any atom is 0.267 e. The molecular weight excluding hydrogens is 386 g/mol. The fourth-order valence-electron chi connectivity index (χ4n) is 4.20. The van der Waals surface area contributed by atoms with E-state index in [9.17, 15) is 8.78 Å². The molecule has 154 valence electrons. The predicted octanol–water partition coefficient (Wildman–Crippen LogP) is 4.00. The summed E-state index contributed by atoms with van der Waals surface area (Å²) in [6, 6.07) is 5.64. The first-order valence-electron chi connectivity index (χ1n) is 10.0. The van der Waals surface area contributed by atoms with Gasteiger partial charge >= 0.3 is 0 Å². The number of benzene rings is 1. The van der Waals surface area contributed by atoms with E-state index in [1.54, 1.807) is 24.8 Å². The van der Waals surface area contributed by atoms with Gasteiger partial charge in [0.1, 0.15) is 5.69 Å². The summed E-state index contributed by atoms with van der Waals surface area (Å²) in [5.41, 5.74) is 3.39. The van der Waals surface area contributed by atoms with Crippen LogP contribution in [-0.4, -0.2) is 58.3 Å². The van der Waals surface area contributed by atoms with Gasteiger partial charge in [-0.05, 0) is 37.6 Å². The number of aromatic nitrogens is 3. The van der Waals surface area contributed by atoms with Crippen LogP contribution >= 0.6 is 0 Å². The molecule has 1 aromatic carbocycles. The first-order valence-corrected chi connectivity index (χ1v) is 10.0. The van der Waals surface area contributed by atoms with Crippen molar-refractivity contribution in [3.63, 3.8) is 0 Å². The number of aliphatic imine (C=N–C) groups is 1. The van der Waals surface area contributed by atoms with Gasteiger partial charge < -0.3 is 4.90 Å². The van der Waals surface area contributed by atoms with Crippen molar-refractivity contribution in [3.05, 3.63) is 54.1 Å². The monoisotopic (exact) mass is 408 g/mol. The van der Waals surface area contributed by atoms with E-state index in [-0.39, 0.29) is 11.1 Å². The van der Waals surface area contributed by atoms with Crippen molar-refractivity contribution in [2.75, 3.05) is 31.6 Å². The first-order chi connectivity index (χ1) is 14.6. The lowest BCUT2D eigenvalue weighted by molar-refractivity contribution is 0.150. The quantitative estimate of drug-likeness (QED) is 0.611. The van der Waals surface area contributed by atoms with Gasteiger partial charge in [-0.1, -0.05) is 6.07 Å². The number of pyridine rings is 1. The summed E-state index contributed by atoms with van der Waals surface area (Å²) < 4.78 is 27.7. The van der Waals surface area contributed by atoms with Crippen LogP contribution in [0.5, 0.6) is 0 Å². The fraction of sp³-hybridized carbons (Fsp3) is 0.364. The number of fused-ring (bicyclic) bond motifs is 1. The smallest absolute Gasteiger partial charge is 0.267 e. The number of rotatable bonds is 4. The second-order valence-corrected chi connectivity index (χ2v) is 8.03. The Balaban J connectivity index is 1.51. The third kappa shape index (κ3) is 3.41. The summed E-state index contributed by atoms with van der Waals surface area (Å²) in [5, 5.41) is 0. The Morgan fingerprint density at radius 3 is 2.67 bits per heavy atom. The molecule has 3 heterocycles. The molecular formula is C22H22F2N6. The topological polar surface area (TPSA) is 57.5 Å². The molecule has 5 rings (SSSR count). The van der Waals surface area contributed by atoms with Crippen molar-refractivity contribution in [2.45, 2.75) is 24.8 Å². The van der Waals surface area contributed by atoms with Crippen LogP contribution in [0.25, 0.3) is 11.0 Å². The van der Waals surface area contributed by atoms with E-state index in [1.807, 2.05) is 18.2 Å². The van der Waals surface area contributed by atoms with E-state index in [0.29, 0.717) is 17.9 Å². The van der Waals surface area contributed by atoms with Crippen molar-refractivity contribution in [2.24, 2.45) is 4.99 Å². The van der Waals surface area contributed by atoms with Crippen LogP contribution in [0.2, 0.25) is 0 Å². The second-order valence-electron chi connectivity index (χ2n) is 8.03. The molecule has 1 saturated heterocycles. The summed E-state index contributed by atoms with van der Waals surface area (Å²) in [7, 11) is 2.12. The Morgan fingerprint density at radius 2 is 1.90 bits per heavy atom. The van der Waals surface area contributed by atoms with Gasteiger partial charge in [-0.2, -0.15) is 0 Å². The molecule has 0 amide bonds. The molecule has 2 aliphatic rings. The Hall–Kier alpha value is -3.00. The largest absolute Gasteiger partial charge is 0.366 e. The summed E-state index contributed by atoms with van der Waals surface area (Å²) in [4.78, 5) is 21.6. The van der Waals surface area contributed by atoms with Crippen LogP contribution in [0.4, 0.5) is 20.2 Å². The van der Waals surface area contributed by atoms with Crippen molar-refractivity contribution in [1.29, 1.82) is 0 Å². The number of alkyl halides is 2. The van der Waals surface area contributed by atoms with E-state index >= 15 is 0 Å². The van der Waals surface area contributed by atoms with Crippen LogP contribution in [0.3, 0.4) is 0 Å². The zero-order valence-corrected chi connectivity index (χ0v) is 16.7. The average molecular weight is 408 g/mol. The highest BCUT2D eigenvalue weighted by Crippen LogP contribution is 2.46. The predicted molar refractivity (Wildman–Crippen MR) is 113 cm³/mol. The highest BCUT2D eigenvalue weighted by molar-refractivity contribution is 5.89. The number of likely N-dealkylation sites (N-methyl/N-ethyl adjacent to an activating group) is 1. The standard InChI is InChI=1S/C22H22F2N6/c1-29-8-9-30(14-22(29)4-5-22)20-16(21(23)24)12-25-13-19(20)28-11-15-2-3-17-18(10-15)27-7-6-26-17/h2-3,6-7,10-13,21H,4-5,8-9,14H2,1H3. The van der Waals surface area contributed by atoms with Gasteiger partial charge in [0.2, 0.25) is 0 Å². The molecule has 0 radical (unpaired) electrons. The normalized spacial score (nSPS) is 18.7. The van der Waals surface area contributed by atoms with Gasteiger partial charge in [-0.25, -0.2) is 8.78 Å². The van der Waals surface area contributed by atoms with E-state index in [4.69, 9.17) is 0 Å². The van der Waals surface area contributed by atoms with Gasteiger partial charge in [-0.15, -0.1) is 0 Å². The number of anilines is 1. The lowest BCUT2D eigenvalue weighted by Gasteiger charge is -2.42. The van der Waals surface area contributed by atoms with Gasteiger partial charge in [0.25, 0.3) is 6.43 Å². The lowest BCUT2D eigenvalue weighted by Crippen LogP contribution is -2.53. The molecule has 0 bridgehead atoms. The third-order valence-electron chi connectivity index (χ3n) is 6.15. The van der Waals surface area contributed by atoms with E-state index < -0.39 is 6.43 Å². The number of piperazine rings is 1. The van der Waals surface area contributed by atoms with E-state index in [2.05, 4.69) is 36.8 Å². The fourth-order valence-corrected chi connectivity index (χ4v) is 4.20. The first kappa shape index (κ1) is 19.0. The summed E-state index contributed by atoms with van der Waals surface area (Å²) in [6.07, 6.45) is 7.39. The summed E-state index contributed by atoms with van der Waals surface area (Å²) in [6.45, 7) is 2.27. The van der Waals surface area contributed by atoms with Crippen molar-refractivity contribution >= 4 is 28.6 Å². The second kappa shape index (κ2) is 7.36. The Labute approximate surface area is 173 Å². The molecule has 1 aliphatic heterocycles. The molecule has 1 spiro atoms. The minimum absolute atomic E-state index is 0.0608. The zero-order chi connectivity index (χ0) is 20.7. The zero-order valence-electron chi connectivity index (χ0n) is 16.7. The Morgan fingerprint density at radius 1 is 1.10 bits per heavy atom. The average Bonchev–Trinajstić information content (AvgIpc) is 3.54. The summed E-state index contributed by atoms with van der Waals surface area (Å²) in [5.74, 6) is 0. The van der Waals surface area contributed by atoms with Gasteiger partial charge in [0.05, 0.1) is 28.5 Å². The molecule has 0 atom stereocenters. The molecule has 0 N–H and O–H groups in total. The molecule has 3 aromatic rings. The number of halogens is 2. The van der Waals surface area contributed by atoms with Crippen LogP contribution in [0.1, 0.15) is 30.4 Å². The van der Waals surface area contributed by atoms with E-state index in [1.165, 1.54) is 6.20 Å². The number of hydrogen-bond donors (Lipinski definition) is 0. The Bertz CT molecular complexity index is 1110. The van der Waals surface area contributed by atoms with Crippen LogP contribution in [0.15, 0.2) is 48.0 Å².